The van der Waals surface area contributed by atoms with E-state index in [4.69, 9.17) is 13.9 Å². The van der Waals surface area contributed by atoms with Crippen molar-refractivity contribution < 1.29 is 28.6 Å². The van der Waals surface area contributed by atoms with Crippen molar-refractivity contribution in [1.29, 1.82) is 0 Å². The summed E-state index contributed by atoms with van der Waals surface area (Å²) in [4.78, 5) is 30.1. The number of aromatic hydroxyl groups is 1. The van der Waals surface area contributed by atoms with E-state index in [1.54, 1.807) is 7.11 Å². The summed E-state index contributed by atoms with van der Waals surface area (Å²) in [5.74, 6) is -0.822. The van der Waals surface area contributed by atoms with Gasteiger partial charge in [-0.3, -0.25) is 14.5 Å². The van der Waals surface area contributed by atoms with E-state index in [2.05, 4.69) is 117 Å². The van der Waals surface area contributed by atoms with Crippen LogP contribution in [0.2, 0.25) is 5.04 Å². The van der Waals surface area contributed by atoms with Crippen LogP contribution in [0.1, 0.15) is 65.4 Å². The number of hydrogen-bond acceptors (Lipinski definition) is 6. The third kappa shape index (κ3) is 7.55. The number of para-hydroxylation sites is 1. The standard InChI is InChI=1S/C47H52INO6Si/c1-6-16-31(25-32-26-39(48)44(50)41(27-32)53-5)23-24-40-42-33(28-37-43(38(42)30-54-40)46(52)49(45(37)51)34-17-10-7-11-18-34)29-55-56(47(2,3)4,35-19-12-8-13-20-35)36-21-14-9-15-22-36/h7-15,17-22,25-27,37-38,40,43,50H,6,16,23-24,28-30H2,1-5H3/b31-25+/t37-,38+,40-,43-/m1/s1. The van der Waals surface area contributed by atoms with Gasteiger partial charge in [-0.2, -0.15) is 0 Å². The van der Waals surface area contributed by atoms with Crippen molar-refractivity contribution in [1.82, 2.24) is 0 Å². The van der Waals surface area contributed by atoms with Crippen molar-refractivity contribution in [2.24, 2.45) is 17.8 Å². The molecule has 56 heavy (non-hydrogen) atoms. The predicted octanol–water partition coefficient (Wildman–Crippen LogP) is 9.07. The van der Waals surface area contributed by atoms with Crippen molar-refractivity contribution in [3.8, 4) is 11.5 Å². The zero-order valence-corrected chi connectivity index (χ0v) is 36.1. The second kappa shape index (κ2) is 16.8. The average Bonchev–Trinajstić information content (AvgIpc) is 3.73. The number of phenolic OH excluding ortho intramolecular Hbond substituents is 1. The van der Waals surface area contributed by atoms with Gasteiger partial charge < -0.3 is 19.0 Å². The maximum Gasteiger partial charge on any atom is 0.261 e. The summed E-state index contributed by atoms with van der Waals surface area (Å²) >= 11 is 2.14. The lowest BCUT2D eigenvalue weighted by Gasteiger charge is -2.44. The third-order valence-electron chi connectivity index (χ3n) is 11.8. The molecule has 2 fully saturated rings. The molecule has 2 heterocycles. The van der Waals surface area contributed by atoms with E-state index < -0.39 is 20.2 Å². The molecule has 0 spiro atoms. The topological polar surface area (TPSA) is 85.3 Å². The zero-order chi connectivity index (χ0) is 39.6. The van der Waals surface area contributed by atoms with E-state index in [0.29, 0.717) is 31.1 Å². The molecule has 2 saturated heterocycles. The fourth-order valence-electron chi connectivity index (χ4n) is 9.37. The summed E-state index contributed by atoms with van der Waals surface area (Å²) < 4.78 is 20.4. The summed E-state index contributed by atoms with van der Waals surface area (Å²) in [7, 11) is -1.34. The molecule has 2 aliphatic heterocycles. The van der Waals surface area contributed by atoms with Gasteiger partial charge in [-0.25, -0.2) is 0 Å². The Morgan fingerprint density at radius 2 is 1.54 bits per heavy atom. The normalized spacial score (nSPS) is 21.4. The SMILES string of the molecule is CCC/C(=C\c1cc(I)c(O)c(OC)c1)CC[C@H]1OC[C@H]2C1=C(CO[Si](c1ccccc1)(c1ccccc1)C(C)(C)C)C[C@H]1C(=O)N(c3ccccc3)C(=O)[C@H]12. The molecule has 7 nitrogen and oxygen atoms in total. The Balaban J connectivity index is 1.27. The monoisotopic (exact) mass is 881 g/mol. The molecule has 7 rings (SSSR count). The molecule has 292 valence electrons. The minimum absolute atomic E-state index is 0.132. The first kappa shape index (κ1) is 40.2. The molecule has 4 aromatic carbocycles. The number of methoxy groups -OCH3 is 1. The van der Waals surface area contributed by atoms with Gasteiger partial charge >= 0.3 is 0 Å². The van der Waals surface area contributed by atoms with Gasteiger partial charge in [0.2, 0.25) is 11.8 Å². The molecule has 0 saturated carbocycles. The van der Waals surface area contributed by atoms with Gasteiger partial charge in [-0.15, -0.1) is 0 Å². The molecule has 0 bridgehead atoms. The first-order valence-corrected chi connectivity index (χ1v) is 22.7. The predicted molar refractivity (Wildman–Crippen MR) is 234 cm³/mol. The molecule has 2 amide bonds. The van der Waals surface area contributed by atoms with Crippen LogP contribution in [-0.4, -0.2) is 51.7 Å². The highest BCUT2D eigenvalue weighted by atomic mass is 127. The van der Waals surface area contributed by atoms with Crippen LogP contribution in [0.5, 0.6) is 11.5 Å². The van der Waals surface area contributed by atoms with Gasteiger partial charge in [0, 0.05) is 5.92 Å². The minimum atomic E-state index is -2.91. The number of halogens is 1. The van der Waals surface area contributed by atoms with Crippen LogP contribution >= 0.6 is 22.6 Å². The molecule has 1 aliphatic carbocycles. The maximum absolute atomic E-state index is 14.3. The largest absolute Gasteiger partial charge is 0.504 e. The lowest BCUT2D eigenvalue weighted by molar-refractivity contribution is -0.122. The van der Waals surface area contributed by atoms with Crippen molar-refractivity contribution in [3.05, 3.63) is 129 Å². The molecule has 9 heteroatoms. The molecule has 0 unspecified atom stereocenters. The van der Waals surface area contributed by atoms with Crippen LogP contribution < -0.4 is 20.0 Å². The second-order valence-electron chi connectivity index (χ2n) is 16.3. The lowest BCUT2D eigenvalue weighted by atomic mass is 9.69. The Morgan fingerprint density at radius 3 is 2.12 bits per heavy atom. The molecule has 0 radical (unpaired) electrons. The van der Waals surface area contributed by atoms with E-state index in [9.17, 15) is 14.7 Å². The number of carbonyl (C=O) groups is 2. The van der Waals surface area contributed by atoms with Crippen molar-refractivity contribution in [2.45, 2.75) is 70.9 Å². The minimum Gasteiger partial charge on any atom is -0.504 e. The van der Waals surface area contributed by atoms with E-state index in [1.165, 1.54) is 20.8 Å². The molecule has 0 aromatic heterocycles. The fraction of sp³-hybridized carbons (Fsp3) is 0.362. The number of benzene rings is 4. The summed E-state index contributed by atoms with van der Waals surface area (Å²) in [6.45, 7) is 9.77. The number of anilines is 1. The molecule has 1 N–H and O–H groups in total. The maximum atomic E-state index is 14.3. The molecular weight excluding hydrogens is 830 g/mol. The molecule has 4 aromatic rings. The molecular formula is C47H52INO6Si. The van der Waals surface area contributed by atoms with Gasteiger partial charge in [0.15, 0.2) is 11.5 Å². The number of phenols is 1. The van der Waals surface area contributed by atoms with E-state index in [0.717, 1.165) is 46.0 Å². The quantitative estimate of drug-likeness (QED) is 0.0625. The average molecular weight is 882 g/mol. The van der Waals surface area contributed by atoms with Gasteiger partial charge in [-0.1, -0.05) is 125 Å². The zero-order valence-electron chi connectivity index (χ0n) is 33.0. The number of allylic oxidation sites excluding steroid dienone is 1. The van der Waals surface area contributed by atoms with Crippen LogP contribution in [0.4, 0.5) is 5.69 Å². The van der Waals surface area contributed by atoms with Gasteiger partial charge in [-0.05, 0) is 105 Å². The van der Waals surface area contributed by atoms with Gasteiger partial charge in [0.05, 0.1) is 47.5 Å². The van der Waals surface area contributed by atoms with Crippen LogP contribution in [0.3, 0.4) is 0 Å². The van der Waals surface area contributed by atoms with Crippen molar-refractivity contribution in [2.75, 3.05) is 25.2 Å². The van der Waals surface area contributed by atoms with E-state index >= 15 is 0 Å². The second-order valence-corrected chi connectivity index (χ2v) is 21.7. The summed E-state index contributed by atoms with van der Waals surface area (Å²) in [6.07, 6.45) is 5.91. The Labute approximate surface area is 346 Å². The van der Waals surface area contributed by atoms with E-state index in [1.807, 2.05) is 42.5 Å². The number of hydrogen-bond donors (Lipinski definition) is 1. The number of fused-ring (bicyclic) bond motifs is 3. The first-order valence-electron chi connectivity index (χ1n) is 19.8. The van der Waals surface area contributed by atoms with E-state index in [-0.39, 0.29) is 34.6 Å². The number of imide groups is 1. The number of nitrogens with zero attached hydrogens (tertiary/aromatic N) is 1. The third-order valence-corrected chi connectivity index (χ3v) is 17.6. The summed E-state index contributed by atoms with van der Waals surface area (Å²) in [5, 5.41) is 12.6. The first-order chi connectivity index (χ1) is 27.0. The number of rotatable bonds is 13. The molecule has 4 atom stereocenters. The number of ether oxygens (including phenoxy) is 2. The highest BCUT2D eigenvalue weighted by Gasteiger charge is 2.58. The van der Waals surface area contributed by atoms with Crippen LogP contribution in [0, 0.1) is 21.3 Å². The Morgan fingerprint density at radius 1 is 0.911 bits per heavy atom. The number of amides is 2. The van der Waals surface area contributed by atoms with Crippen LogP contribution in [-0.2, 0) is 18.8 Å². The lowest BCUT2D eigenvalue weighted by Crippen LogP contribution is -2.66. The van der Waals surface area contributed by atoms with Crippen molar-refractivity contribution in [3.63, 3.8) is 0 Å². The van der Waals surface area contributed by atoms with Crippen LogP contribution in [0.15, 0.2) is 120 Å². The Hall–Kier alpha value is -4.03. The summed E-state index contributed by atoms with van der Waals surface area (Å²) in [5.41, 5.74) is 5.13. The Bertz CT molecular complexity index is 2070. The highest BCUT2D eigenvalue weighted by molar-refractivity contribution is 14.1. The van der Waals surface area contributed by atoms with Crippen LogP contribution in [0.25, 0.3) is 6.08 Å². The summed E-state index contributed by atoms with van der Waals surface area (Å²) in [6, 6.07) is 34.5. The number of carbonyl (C=O) groups excluding carboxylic acids is 2. The van der Waals surface area contributed by atoms with Gasteiger partial charge in [0.25, 0.3) is 8.32 Å². The van der Waals surface area contributed by atoms with Crippen molar-refractivity contribution >= 4 is 64.9 Å². The Kier molecular flexibility index (Phi) is 12.1. The smallest absolute Gasteiger partial charge is 0.261 e. The fourth-order valence-corrected chi connectivity index (χ4v) is 14.5. The highest BCUT2D eigenvalue weighted by Crippen LogP contribution is 2.51. The van der Waals surface area contributed by atoms with Gasteiger partial charge in [0.1, 0.15) is 0 Å². The molecule has 3 aliphatic rings.